The number of pyridine rings is 1. The van der Waals surface area contributed by atoms with Gasteiger partial charge in [0.2, 0.25) is 0 Å². The van der Waals surface area contributed by atoms with Gasteiger partial charge in [-0.25, -0.2) is 18.6 Å². The van der Waals surface area contributed by atoms with Gasteiger partial charge in [-0.1, -0.05) is 15.9 Å². The summed E-state index contributed by atoms with van der Waals surface area (Å²) in [6.07, 6.45) is -1.88. The lowest BCUT2D eigenvalue weighted by Gasteiger charge is -2.11. The minimum Gasteiger partial charge on any atom is -0.465 e. The Hall–Kier alpha value is -1.55. The molecule has 0 radical (unpaired) electrons. The number of carbonyl (C=O) groups is 1. The molecule has 7 heteroatoms. The van der Waals surface area contributed by atoms with E-state index < -0.39 is 12.4 Å². The molecule has 0 saturated carbocycles. The summed E-state index contributed by atoms with van der Waals surface area (Å²) in [5, 5.41) is 8.80. The van der Waals surface area contributed by atoms with Crippen molar-refractivity contribution in [3.05, 3.63) is 28.6 Å². The van der Waals surface area contributed by atoms with Crippen molar-refractivity contribution in [3.8, 4) is 6.07 Å². The molecule has 0 aliphatic carbocycles. The number of rotatable bonds is 3. The van der Waals surface area contributed by atoms with E-state index >= 15 is 0 Å². The van der Waals surface area contributed by atoms with E-state index in [1.807, 2.05) is 0 Å². The summed E-state index contributed by atoms with van der Waals surface area (Å²) in [5.41, 5.74) is -0.806. The van der Waals surface area contributed by atoms with Crippen LogP contribution in [-0.2, 0) is 10.1 Å². The third-order valence-corrected chi connectivity index (χ3v) is 2.64. The summed E-state index contributed by atoms with van der Waals surface area (Å²) < 4.78 is 29.9. The van der Waals surface area contributed by atoms with Crippen LogP contribution in [0.4, 0.5) is 8.78 Å². The fraction of sp³-hybridized carbons (Fsp3) is 0.300. The highest BCUT2D eigenvalue weighted by atomic mass is 79.9. The molecule has 0 aliphatic rings. The number of nitrogens with zero attached hydrogens (tertiary/aromatic N) is 2. The lowest BCUT2D eigenvalue weighted by Crippen LogP contribution is -2.12. The van der Waals surface area contributed by atoms with E-state index in [1.54, 1.807) is 6.07 Å². The maximum Gasteiger partial charge on any atom is 0.341 e. The number of carbonyl (C=O) groups excluding carboxylic acids is 1. The first-order valence-electron chi connectivity index (χ1n) is 4.41. The first-order valence-corrected chi connectivity index (χ1v) is 5.53. The van der Waals surface area contributed by atoms with Crippen LogP contribution in [0.25, 0.3) is 0 Å². The number of ether oxygens (including phenoxy) is 1. The number of nitriles is 1. The van der Waals surface area contributed by atoms with E-state index in [9.17, 15) is 13.6 Å². The SMILES string of the molecule is COC(=O)c1c(C#N)ncc(C(F)F)c1CBr. The van der Waals surface area contributed by atoms with Gasteiger partial charge in [-0.05, 0) is 5.56 Å². The summed E-state index contributed by atoms with van der Waals surface area (Å²) >= 11 is 3.01. The molecule has 0 N–H and O–H groups in total. The fourth-order valence-electron chi connectivity index (χ4n) is 1.30. The quantitative estimate of drug-likeness (QED) is 0.636. The number of halogens is 3. The van der Waals surface area contributed by atoms with Gasteiger partial charge < -0.3 is 4.74 Å². The molecule has 4 nitrogen and oxygen atoms in total. The third-order valence-electron chi connectivity index (χ3n) is 2.08. The number of hydrogen-bond donors (Lipinski definition) is 0. The van der Waals surface area contributed by atoms with Crippen molar-refractivity contribution in [1.29, 1.82) is 5.26 Å². The number of alkyl halides is 3. The number of esters is 1. The average molecular weight is 305 g/mol. The highest BCUT2D eigenvalue weighted by molar-refractivity contribution is 9.08. The molecular weight excluding hydrogens is 298 g/mol. The first-order chi connectivity index (χ1) is 8.06. The monoisotopic (exact) mass is 304 g/mol. The molecule has 0 fully saturated rings. The second kappa shape index (κ2) is 5.68. The van der Waals surface area contributed by atoms with E-state index in [-0.39, 0.29) is 27.7 Å². The van der Waals surface area contributed by atoms with E-state index in [4.69, 9.17) is 5.26 Å². The molecule has 0 spiro atoms. The zero-order chi connectivity index (χ0) is 13.0. The van der Waals surface area contributed by atoms with Crippen LogP contribution in [0.3, 0.4) is 0 Å². The highest BCUT2D eigenvalue weighted by Gasteiger charge is 2.24. The van der Waals surface area contributed by atoms with Gasteiger partial charge in [-0.2, -0.15) is 5.26 Å². The Morgan fingerprint density at radius 1 is 1.71 bits per heavy atom. The lowest BCUT2D eigenvalue weighted by atomic mass is 10.0. The van der Waals surface area contributed by atoms with Gasteiger partial charge in [0.05, 0.1) is 7.11 Å². The van der Waals surface area contributed by atoms with Gasteiger partial charge >= 0.3 is 5.97 Å². The molecule has 1 aromatic rings. The van der Waals surface area contributed by atoms with E-state index in [0.29, 0.717) is 0 Å². The second-order valence-corrected chi connectivity index (χ2v) is 3.51. The Labute approximate surface area is 104 Å². The topological polar surface area (TPSA) is 63.0 Å². The molecule has 0 amide bonds. The standard InChI is InChI=1S/C10H7BrF2N2O2/c1-17-10(16)8-5(2-11)6(9(12)13)4-15-7(8)3-14/h4,9H,2H2,1H3. The molecule has 1 heterocycles. The van der Waals surface area contributed by atoms with Gasteiger partial charge in [0, 0.05) is 17.1 Å². The van der Waals surface area contributed by atoms with Gasteiger partial charge in [-0.3, -0.25) is 0 Å². The molecule has 90 valence electrons. The number of aromatic nitrogens is 1. The Kier molecular flexibility index (Phi) is 4.52. The normalized spacial score (nSPS) is 10.1. The van der Waals surface area contributed by atoms with Crippen LogP contribution in [0.1, 0.15) is 33.6 Å². The second-order valence-electron chi connectivity index (χ2n) is 2.95. The minimum absolute atomic E-state index is 0.00824. The molecule has 0 saturated heterocycles. The zero-order valence-electron chi connectivity index (χ0n) is 8.71. The molecular formula is C10H7BrF2N2O2. The molecule has 0 atom stereocenters. The maximum atomic E-state index is 12.7. The number of hydrogen-bond acceptors (Lipinski definition) is 4. The summed E-state index contributed by atoms with van der Waals surface area (Å²) in [5.74, 6) is -0.856. The Balaban J connectivity index is 3.56. The van der Waals surface area contributed by atoms with Gasteiger partial charge in [0.15, 0.2) is 5.69 Å². The Bertz CT molecular complexity index is 486. The molecule has 0 aliphatic heterocycles. The molecule has 1 rings (SSSR count). The van der Waals surface area contributed by atoms with Crippen molar-refractivity contribution in [2.45, 2.75) is 11.8 Å². The molecule has 0 aromatic carbocycles. The van der Waals surface area contributed by atoms with Gasteiger partial charge in [0.25, 0.3) is 6.43 Å². The molecule has 1 aromatic heterocycles. The predicted molar refractivity (Wildman–Crippen MR) is 57.9 cm³/mol. The Morgan fingerprint density at radius 2 is 2.35 bits per heavy atom. The van der Waals surface area contributed by atoms with Crippen LogP contribution in [0.15, 0.2) is 6.20 Å². The molecule has 17 heavy (non-hydrogen) atoms. The smallest absolute Gasteiger partial charge is 0.341 e. The molecule has 0 bridgehead atoms. The lowest BCUT2D eigenvalue weighted by molar-refractivity contribution is 0.0598. The van der Waals surface area contributed by atoms with E-state index in [1.165, 1.54) is 0 Å². The van der Waals surface area contributed by atoms with E-state index in [2.05, 4.69) is 25.7 Å². The van der Waals surface area contributed by atoms with Crippen molar-refractivity contribution < 1.29 is 18.3 Å². The Morgan fingerprint density at radius 3 is 2.76 bits per heavy atom. The summed E-state index contributed by atoms with van der Waals surface area (Å²) in [7, 11) is 1.11. The maximum absolute atomic E-state index is 12.7. The third kappa shape index (κ3) is 2.58. The van der Waals surface area contributed by atoms with Gasteiger partial charge in [0.1, 0.15) is 11.6 Å². The number of methoxy groups -OCH3 is 1. The minimum atomic E-state index is -2.77. The average Bonchev–Trinajstić information content (AvgIpc) is 2.35. The van der Waals surface area contributed by atoms with Crippen molar-refractivity contribution >= 4 is 21.9 Å². The van der Waals surface area contributed by atoms with Crippen LogP contribution in [0, 0.1) is 11.3 Å². The predicted octanol–water partition coefficient (Wildman–Crippen LogP) is 2.57. The van der Waals surface area contributed by atoms with Gasteiger partial charge in [-0.15, -0.1) is 0 Å². The van der Waals surface area contributed by atoms with Crippen molar-refractivity contribution in [2.24, 2.45) is 0 Å². The largest absolute Gasteiger partial charge is 0.465 e. The van der Waals surface area contributed by atoms with Crippen LogP contribution >= 0.6 is 15.9 Å². The van der Waals surface area contributed by atoms with Crippen LogP contribution in [-0.4, -0.2) is 18.1 Å². The highest BCUT2D eigenvalue weighted by Crippen LogP contribution is 2.28. The van der Waals surface area contributed by atoms with Crippen molar-refractivity contribution in [1.82, 2.24) is 4.98 Å². The summed E-state index contributed by atoms with van der Waals surface area (Å²) in [6.45, 7) is 0. The zero-order valence-corrected chi connectivity index (χ0v) is 10.3. The molecule has 0 unspecified atom stereocenters. The van der Waals surface area contributed by atoms with Crippen LogP contribution < -0.4 is 0 Å². The van der Waals surface area contributed by atoms with E-state index in [0.717, 1.165) is 13.3 Å². The van der Waals surface area contributed by atoms with Crippen molar-refractivity contribution in [3.63, 3.8) is 0 Å². The summed E-state index contributed by atoms with van der Waals surface area (Å²) in [6, 6.07) is 1.67. The van der Waals surface area contributed by atoms with Crippen molar-refractivity contribution in [2.75, 3.05) is 7.11 Å². The first kappa shape index (κ1) is 13.5. The van der Waals surface area contributed by atoms with Crippen LogP contribution in [0.2, 0.25) is 0 Å². The van der Waals surface area contributed by atoms with Crippen LogP contribution in [0.5, 0.6) is 0 Å². The summed E-state index contributed by atoms with van der Waals surface area (Å²) in [4.78, 5) is 15.0. The fourth-order valence-corrected chi connectivity index (χ4v) is 1.91.